The summed E-state index contributed by atoms with van der Waals surface area (Å²) in [6.45, 7) is 2.00. The Balaban J connectivity index is 2.01. The molecule has 1 heterocycles. The van der Waals surface area contributed by atoms with E-state index in [9.17, 15) is 18.0 Å². The third-order valence-corrected chi connectivity index (χ3v) is 6.04. The number of carbonyl (C=O) groups excluding carboxylic acids is 1. The lowest BCUT2D eigenvalue weighted by Gasteiger charge is -2.24. The van der Waals surface area contributed by atoms with E-state index in [1.165, 1.54) is 11.1 Å². The normalized spacial score (nSPS) is 12.8. The Hall–Kier alpha value is -2.52. The zero-order valence-electron chi connectivity index (χ0n) is 18.1. The van der Waals surface area contributed by atoms with E-state index in [1.807, 2.05) is 6.07 Å². The van der Waals surface area contributed by atoms with Crippen molar-refractivity contribution in [3.05, 3.63) is 72.3 Å². The van der Waals surface area contributed by atoms with Crippen LogP contribution in [0, 0.1) is 5.41 Å². The number of thioether (sulfide) groups is 1. The first kappa shape index (κ1) is 26.7. The largest absolute Gasteiger partial charge is 0.390 e. The zero-order chi connectivity index (χ0) is 24.3. The second-order valence-corrected chi connectivity index (χ2v) is 8.91. The summed E-state index contributed by atoms with van der Waals surface area (Å²) in [6, 6.07) is 12.5. The maximum Gasteiger partial charge on any atom is 0.390 e. The maximum atomic E-state index is 13.1. The highest BCUT2D eigenvalue weighted by atomic mass is 35.5. The van der Waals surface area contributed by atoms with Crippen LogP contribution in [-0.4, -0.2) is 44.7 Å². The summed E-state index contributed by atoms with van der Waals surface area (Å²) >= 11 is 7.04. The SMILES string of the molecule is CCN(C(=O)CCSC(Cc1ccccc1)CC(F)(F)F)/C(=C/Nc1cccnc1)C(=N)Cl. The molecule has 0 aliphatic heterocycles. The Morgan fingerprint density at radius 1 is 1.27 bits per heavy atom. The second-order valence-electron chi connectivity index (χ2n) is 7.12. The summed E-state index contributed by atoms with van der Waals surface area (Å²) in [7, 11) is 0. The molecule has 0 aliphatic rings. The van der Waals surface area contributed by atoms with Crippen molar-refractivity contribution >= 4 is 40.1 Å². The van der Waals surface area contributed by atoms with E-state index in [-0.39, 0.29) is 41.9 Å². The third-order valence-electron chi connectivity index (χ3n) is 4.60. The number of hydrogen-bond acceptors (Lipinski definition) is 5. The molecule has 0 spiro atoms. The minimum Gasteiger partial charge on any atom is -0.358 e. The van der Waals surface area contributed by atoms with Crippen LogP contribution in [0.15, 0.2) is 66.8 Å². The maximum absolute atomic E-state index is 13.1. The molecule has 5 nitrogen and oxygen atoms in total. The van der Waals surface area contributed by atoms with Crippen molar-refractivity contribution in [3.8, 4) is 0 Å². The first-order valence-corrected chi connectivity index (χ1v) is 11.8. The van der Waals surface area contributed by atoms with Crippen molar-refractivity contribution in [2.75, 3.05) is 17.6 Å². The quantitative estimate of drug-likeness (QED) is 0.348. The van der Waals surface area contributed by atoms with Crippen LogP contribution in [0.1, 0.15) is 25.3 Å². The predicted molar refractivity (Wildman–Crippen MR) is 129 cm³/mol. The number of nitrogens with zero attached hydrogens (tertiary/aromatic N) is 2. The van der Waals surface area contributed by atoms with Gasteiger partial charge in [-0.15, -0.1) is 0 Å². The Morgan fingerprint density at radius 2 is 2.00 bits per heavy atom. The molecule has 0 saturated carbocycles. The predicted octanol–water partition coefficient (Wildman–Crippen LogP) is 6.09. The number of benzene rings is 1. The Labute approximate surface area is 200 Å². The van der Waals surface area contributed by atoms with E-state index in [1.54, 1.807) is 55.7 Å². The highest BCUT2D eigenvalue weighted by Crippen LogP contribution is 2.30. The van der Waals surface area contributed by atoms with Gasteiger partial charge in [0.1, 0.15) is 5.17 Å². The van der Waals surface area contributed by atoms with Crippen LogP contribution in [0.3, 0.4) is 0 Å². The average molecular weight is 499 g/mol. The molecule has 2 aromatic rings. The first-order chi connectivity index (χ1) is 15.7. The summed E-state index contributed by atoms with van der Waals surface area (Å²) in [4.78, 5) is 18.1. The molecule has 10 heteroatoms. The fourth-order valence-electron chi connectivity index (χ4n) is 3.11. The molecule has 2 rings (SSSR count). The number of anilines is 1. The molecule has 1 amide bonds. The van der Waals surface area contributed by atoms with Crippen LogP contribution < -0.4 is 5.32 Å². The van der Waals surface area contributed by atoms with E-state index in [2.05, 4.69) is 10.3 Å². The number of allylic oxidation sites excluding steroid dienone is 1. The fourth-order valence-corrected chi connectivity index (χ4v) is 4.51. The number of pyridine rings is 1. The first-order valence-electron chi connectivity index (χ1n) is 10.3. The molecule has 0 aliphatic carbocycles. The van der Waals surface area contributed by atoms with Crippen molar-refractivity contribution in [1.29, 1.82) is 5.41 Å². The lowest BCUT2D eigenvalue weighted by Crippen LogP contribution is -2.33. The van der Waals surface area contributed by atoms with Crippen LogP contribution in [-0.2, 0) is 11.2 Å². The third kappa shape index (κ3) is 9.88. The van der Waals surface area contributed by atoms with E-state index >= 15 is 0 Å². The summed E-state index contributed by atoms with van der Waals surface area (Å²) in [5.41, 5.74) is 1.65. The van der Waals surface area contributed by atoms with Crippen LogP contribution in [0.25, 0.3) is 0 Å². The summed E-state index contributed by atoms with van der Waals surface area (Å²) in [5, 5.41) is 9.76. The molecule has 0 bridgehead atoms. The van der Waals surface area contributed by atoms with E-state index in [4.69, 9.17) is 17.0 Å². The summed E-state index contributed by atoms with van der Waals surface area (Å²) < 4.78 is 39.2. The van der Waals surface area contributed by atoms with Gasteiger partial charge in [0.05, 0.1) is 24.0 Å². The number of carbonyl (C=O) groups is 1. The Bertz CT molecular complexity index is 926. The Kier molecular flexibility index (Phi) is 10.7. The lowest BCUT2D eigenvalue weighted by molar-refractivity contribution is -0.134. The van der Waals surface area contributed by atoms with Crippen LogP contribution in [0.2, 0.25) is 0 Å². The van der Waals surface area contributed by atoms with Gasteiger partial charge in [-0.2, -0.15) is 24.9 Å². The van der Waals surface area contributed by atoms with E-state index in [0.717, 1.165) is 17.3 Å². The molecular weight excluding hydrogens is 473 g/mol. The van der Waals surface area contributed by atoms with Crippen molar-refractivity contribution < 1.29 is 18.0 Å². The minimum absolute atomic E-state index is 0.0239. The number of halogens is 4. The number of rotatable bonds is 12. The number of hydrogen-bond donors (Lipinski definition) is 2. The standard InChI is InChI=1S/C23H26ClF3N4OS/c1-2-31(20(22(24)28)16-30-18-9-6-11-29-15-18)21(32)10-12-33-19(14-23(25,26)27)13-17-7-4-3-5-8-17/h3-9,11,15-16,19,28,30H,2,10,12-14H2,1H3/b20-16+,28-22?. The lowest BCUT2D eigenvalue weighted by atomic mass is 10.1. The summed E-state index contributed by atoms with van der Waals surface area (Å²) in [5.74, 6) is -0.0953. The van der Waals surface area contributed by atoms with Gasteiger partial charge in [-0.05, 0) is 31.0 Å². The van der Waals surface area contributed by atoms with Gasteiger partial charge in [0.2, 0.25) is 5.91 Å². The number of aromatic nitrogens is 1. The number of alkyl halides is 3. The fraction of sp³-hybridized carbons (Fsp3) is 0.348. The second kappa shape index (κ2) is 13.3. The van der Waals surface area contributed by atoms with Gasteiger partial charge in [-0.3, -0.25) is 15.2 Å². The van der Waals surface area contributed by atoms with Gasteiger partial charge < -0.3 is 10.2 Å². The molecule has 1 aromatic carbocycles. The molecule has 0 saturated heterocycles. The molecule has 33 heavy (non-hydrogen) atoms. The van der Waals surface area contributed by atoms with Crippen LogP contribution >= 0.6 is 23.4 Å². The number of nitrogens with one attached hydrogen (secondary N) is 2. The smallest absolute Gasteiger partial charge is 0.358 e. The molecule has 0 radical (unpaired) electrons. The highest BCUT2D eigenvalue weighted by molar-refractivity contribution is 7.99. The molecule has 2 N–H and O–H groups in total. The Morgan fingerprint density at radius 3 is 2.58 bits per heavy atom. The van der Waals surface area contributed by atoms with Crippen LogP contribution in [0.5, 0.6) is 0 Å². The molecule has 0 fully saturated rings. The molecule has 1 unspecified atom stereocenters. The van der Waals surface area contributed by atoms with Crippen LogP contribution in [0.4, 0.5) is 18.9 Å². The van der Waals surface area contributed by atoms with Gasteiger partial charge in [-0.1, -0.05) is 41.9 Å². The topological polar surface area (TPSA) is 69.1 Å². The monoisotopic (exact) mass is 498 g/mol. The summed E-state index contributed by atoms with van der Waals surface area (Å²) in [6.07, 6.45) is -0.280. The van der Waals surface area contributed by atoms with Gasteiger partial charge in [0, 0.05) is 36.4 Å². The van der Waals surface area contributed by atoms with E-state index in [0.29, 0.717) is 5.69 Å². The van der Waals surface area contributed by atoms with Gasteiger partial charge >= 0.3 is 6.18 Å². The molecule has 1 aromatic heterocycles. The van der Waals surface area contributed by atoms with Crippen molar-refractivity contribution in [3.63, 3.8) is 0 Å². The molecule has 178 valence electrons. The van der Waals surface area contributed by atoms with Gasteiger partial charge in [-0.25, -0.2) is 0 Å². The highest BCUT2D eigenvalue weighted by Gasteiger charge is 2.32. The average Bonchev–Trinajstić information content (AvgIpc) is 2.76. The van der Waals surface area contributed by atoms with E-state index < -0.39 is 17.8 Å². The van der Waals surface area contributed by atoms with Crippen molar-refractivity contribution in [2.45, 2.75) is 37.6 Å². The van der Waals surface area contributed by atoms with Gasteiger partial charge in [0.25, 0.3) is 0 Å². The van der Waals surface area contributed by atoms with Gasteiger partial charge in [0.15, 0.2) is 0 Å². The number of amides is 1. The molecule has 1 atom stereocenters. The molecular formula is C23H26ClF3N4OS. The minimum atomic E-state index is -4.28. The zero-order valence-corrected chi connectivity index (χ0v) is 19.7. The van der Waals surface area contributed by atoms with Crippen molar-refractivity contribution in [2.24, 2.45) is 0 Å². The van der Waals surface area contributed by atoms with Crippen molar-refractivity contribution in [1.82, 2.24) is 9.88 Å².